The first-order valence-electron chi connectivity index (χ1n) is 6.04. The van der Waals surface area contributed by atoms with Gasteiger partial charge in [0.1, 0.15) is 29.5 Å². The summed E-state index contributed by atoms with van der Waals surface area (Å²) in [7, 11) is 0. The molecule has 4 nitrogen and oxygen atoms in total. The Balaban J connectivity index is 2.66. The van der Waals surface area contributed by atoms with Crippen LogP contribution in [0.2, 0.25) is 0 Å². The SMILES string of the molecule is N#CC(C#N)=c1ccc(=C(C#N)c2ccc(O)cc2)cc1. The van der Waals surface area contributed by atoms with E-state index in [4.69, 9.17) is 10.5 Å². The monoisotopic (exact) mass is 271 g/mol. The molecule has 0 spiro atoms. The zero-order valence-corrected chi connectivity index (χ0v) is 10.9. The van der Waals surface area contributed by atoms with Gasteiger partial charge in [0.25, 0.3) is 0 Å². The number of hydrogen-bond donors (Lipinski definition) is 1. The number of phenolic OH excluding ortho intramolecular Hbond substituents is 1. The molecule has 0 aliphatic rings. The average Bonchev–Trinajstić information content (AvgIpc) is 2.52. The highest BCUT2D eigenvalue weighted by atomic mass is 16.3. The van der Waals surface area contributed by atoms with Crippen LogP contribution in [0.3, 0.4) is 0 Å². The van der Waals surface area contributed by atoms with Gasteiger partial charge in [-0.05, 0) is 35.0 Å². The fraction of sp³-hybridized carbons (Fsp3) is 0. The Morgan fingerprint density at radius 2 is 1.24 bits per heavy atom. The molecule has 0 radical (unpaired) electrons. The molecule has 0 amide bonds. The van der Waals surface area contributed by atoms with Crippen molar-refractivity contribution in [2.75, 3.05) is 0 Å². The molecule has 98 valence electrons. The van der Waals surface area contributed by atoms with Gasteiger partial charge in [-0.3, -0.25) is 0 Å². The van der Waals surface area contributed by atoms with Gasteiger partial charge in [-0.25, -0.2) is 0 Å². The van der Waals surface area contributed by atoms with Gasteiger partial charge in [-0.2, -0.15) is 15.8 Å². The van der Waals surface area contributed by atoms with Gasteiger partial charge in [-0.15, -0.1) is 0 Å². The van der Waals surface area contributed by atoms with Crippen molar-refractivity contribution >= 4 is 11.1 Å². The van der Waals surface area contributed by atoms with Gasteiger partial charge < -0.3 is 5.11 Å². The second-order valence-electron chi connectivity index (χ2n) is 4.21. The zero-order valence-electron chi connectivity index (χ0n) is 10.9. The van der Waals surface area contributed by atoms with Crippen molar-refractivity contribution in [2.24, 2.45) is 0 Å². The number of nitrogens with zero attached hydrogens (tertiary/aromatic N) is 3. The van der Waals surface area contributed by atoms with E-state index in [1.54, 1.807) is 36.4 Å². The molecular weight excluding hydrogens is 262 g/mol. The van der Waals surface area contributed by atoms with E-state index < -0.39 is 0 Å². The van der Waals surface area contributed by atoms with Crippen molar-refractivity contribution in [3.63, 3.8) is 0 Å². The van der Waals surface area contributed by atoms with Crippen LogP contribution in [-0.4, -0.2) is 5.11 Å². The van der Waals surface area contributed by atoms with Crippen molar-refractivity contribution in [1.29, 1.82) is 15.8 Å². The lowest BCUT2D eigenvalue weighted by Gasteiger charge is -1.99. The third-order valence-corrected chi connectivity index (χ3v) is 2.95. The van der Waals surface area contributed by atoms with Crippen LogP contribution in [0, 0.1) is 34.0 Å². The quantitative estimate of drug-likeness (QED) is 0.846. The van der Waals surface area contributed by atoms with Crippen molar-refractivity contribution < 1.29 is 5.11 Å². The van der Waals surface area contributed by atoms with E-state index in [0.29, 0.717) is 21.6 Å². The first kappa shape index (κ1) is 13.9. The van der Waals surface area contributed by atoms with Gasteiger partial charge in [0.15, 0.2) is 0 Å². The predicted octanol–water partition coefficient (Wildman–Crippen LogP) is 1.31. The molecule has 0 unspecified atom stereocenters. The molecule has 21 heavy (non-hydrogen) atoms. The molecule has 4 heteroatoms. The number of nitriles is 3. The van der Waals surface area contributed by atoms with Crippen LogP contribution in [-0.2, 0) is 0 Å². The molecule has 2 aromatic carbocycles. The molecule has 0 aromatic heterocycles. The second kappa shape index (κ2) is 6.06. The summed E-state index contributed by atoms with van der Waals surface area (Å²) in [6.45, 7) is 0. The molecule has 1 N–H and O–H groups in total. The molecule has 0 aliphatic heterocycles. The Labute approximate surface area is 121 Å². The maximum absolute atomic E-state index is 9.31. The molecule has 0 heterocycles. The average molecular weight is 271 g/mol. The minimum Gasteiger partial charge on any atom is -0.508 e. The third kappa shape index (κ3) is 2.89. The largest absolute Gasteiger partial charge is 0.508 e. The highest BCUT2D eigenvalue weighted by molar-refractivity contribution is 5.77. The van der Waals surface area contributed by atoms with E-state index >= 15 is 0 Å². The summed E-state index contributed by atoms with van der Waals surface area (Å²) in [6, 6.07) is 18.8. The van der Waals surface area contributed by atoms with E-state index in [1.165, 1.54) is 12.1 Å². The molecule has 0 bridgehead atoms. The van der Waals surface area contributed by atoms with Crippen LogP contribution < -0.4 is 10.4 Å². The summed E-state index contributed by atoms with van der Waals surface area (Å²) < 4.78 is 0. The van der Waals surface area contributed by atoms with Crippen LogP contribution >= 0.6 is 0 Å². The number of hydrogen-bond acceptors (Lipinski definition) is 4. The van der Waals surface area contributed by atoms with Gasteiger partial charge in [0, 0.05) is 5.22 Å². The van der Waals surface area contributed by atoms with Crippen molar-refractivity contribution in [3.8, 4) is 24.0 Å². The van der Waals surface area contributed by atoms with Crippen molar-refractivity contribution in [2.45, 2.75) is 0 Å². The maximum atomic E-state index is 9.31. The van der Waals surface area contributed by atoms with E-state index in [-0.39, 0.29) is 11.3 Å². The molecule has 2 rings (SSSR count). The molecule has 0 saturated heterocycles. The van der Waals surface area contributed by atoms with Crippen LogP contribution in [0.4, 0.5) is 0 Å². The minimum absolute atomic E-state index is 0.0321. The number of benzene rings is 2. The lowest BCUT2D eigenvalue weighted by molar-refractivity contribution is 0.475. The number of phenols is 1. The third-order valence-electron chi connectivity index (χ3n) is 2.95. The number of rotatable bonds is 1. The lowest BCUT2D eigenvalue weighted by atomic mass is 10.0. The predicted molar refractivity (Wildman–Crippen MR) is 76.6 cm³/mol. The van der Waals surface area contributed by atoms with Gasteiger partial charge in [-0.1, -0.05) is 24.3 Å². The summed E-state index contributed by atoms with van der Waals surface area (Å²) in [5.74, 6) is 0.133. The summed E-state index contributed by atoms with van der Waals surface area (Å²) in [6.07, 6.45) is 0. The highest BCUT2D eigenvalue weighted by Crippen LogP contribution is 2.15. The molecule has 2 aromatic rings. The van der Waals surface area contributed by atoms with Gasteiger partial charge in [0.2, 0.25) is 0 Å². The van der Waals surface area contributed by atoms with E-state index in [0.717, 1.165) is 0 Å². The smallest absolute Gasteiger partial charge is 0.136 e. The first-order chi connectivity index (χ1) is 10.2. The number of aromatic hydroxyl groups is 1. The van der Waals surface area contributed by atoms with Crippen molar-refractivity contribution in [3.05, 3.63) is 64.5 Å². The van der Waals surface area contributed by atoms with Crippen LogP contribution in [0.25, 0.3) is 11.1 Å². The summed E-state index contributed by atoms with van der Waals surface area (Å²) >= 11 is 0. The summed E-state index contributed by atoms with van der Waals surface area (Å²) in [5, 5.41) is 37.4. The standard InChI is InChI=1S/C17H9N3O/c18-9-15(10-19)12-1-3-13(4-2-12)17(11-20)14-5-7-16(21)8-6-14/h1-8,21H. The second-order valence-corrected chi connectivity index (χ2v) is 4.21. The van der Waals surface area contributed by atoms with Gasteiger partial charge >= 0.3 is 0 Å². The Morgan fingerprint density at radius 3 is 1.71 bits per heavy atom. The zero-order chi connectivity index (χ0) is 15.2. The van der Waals surface area contributed by atoms with Crippen LogP contribution in [0.5, 0.6) is 5.75 Å². The fourth-order valence-corrected chi connectivity index (χ4v) is 1.88. The lowest BCUT2D eigenvalue weighted by Crippen LogP contribution is -2.12. The molecule has 0 atom stereocenters. The first-order valence-corrected chi connectivity index (χ1v) is 6.04. The Morgan fingerprint density at radius 1 is 0.714 bits per heavy atom. The van der Waals surface area contributed by atoms with E-state index in [9.17, 15) is 10.4 Å². The molecule has 0 saturated carbocycles. The van der Waals surface area contributed by atoms with E-state index in [2.05, 4.69) is 6.07 Å². The summed E-state index contributed by atoms with van der Waals surface area (Å²) in [4.78, 5) is 0. The Bertz CT molecular complexity index is 881. The highest BCUT2D eigenvalue weighted by Gasteiger charge is 2.02. The Kier molecular flexibility index (Phi) is 4.00. The van der Waals surface area contributed by atoms with Crippen LogP contribution in [0.1, 0.15) is 5.56 Å². The van der Waals surface area contributed by atoms with E-state index in [1.807, 2.05) is 12.1 Å². The normalized spacial score (nSPS) is 9.00. The van der Waals surface area contributed by atoms with Crippen molar-refractivity contribution in [1.82, 2.24) is 0 Å². The van der Waals surface area contributed by atoms with Crippen LogP contribution in [0.15, 0.2) is 48.5 Å². The Hall–Kier alpha value is -3.55. The maximum Gasteiger partial charge on any atom is 0.136 e. The minimum atomic E-state index is 0.0321. The van der Waals surface area contributed by atoms with Gasteiger partial charge in [0.05, 0.1) is 5.57 Å². The molecular formula is C17H9N3O. The topological polar surface area (TPSA) is 91.6 Å². The molecule has 0 aliphatic carbocycles. The summed E-state index contributed by atoms with van der Waals surface area (Å²) in [5.41, 5.74) is 1.18. The molecule has 0 fully saturated rings. The fourth-order valence-electron chi connectivity index (χ4n) is 1.88.